The Hall–Kier alpha value is -1.75. The molecule has 2 N–H and O–H groups in total. The molecule has 0 unspecified atom stereocenters. The number of pyridine rings is 1. The molecule has 1 saturated carbocycles. The summed E-state index contributed by atoms with van der Waals surface area (Å²) < 4.78 is 5.18. The Kier molecular flexibility index (Phi) is 2.83. The molecule has 1 fully saturated rings. The van der Waals surface area contributed by atoms with Crippen molar-refractivity contribution in [2.24, 2.45) is 5.73 Å². The standard InChI is InChI=1S/C13H16N4O/c1-2-10(14)13-16-12(17-18-13)9-5-6-15-11(7-9)8-3-4-8/h5-8,10H,2-4,14H2,1H3/t10-/m0/s1. The number of nitrogens with two attached hydrogens (primary N) is 1. The SMILES string of the molecule is CC[C@H](N)c1nc(-c2ccnc(C3CC3)c2)no1. The first-order valence-electron chi connectivity index (χ1n) is 6.33. The Bertz CT molecular complexity index is 547. The molecule has 0 aliphatic heterocycles. The molecule has 2 aromatic rings. The summed E-state index contributed by atoms with van der Waals surface area (Å²) in [5.41, 5.74) is 7.94. The average molecular weight is 244 g/mol. The highest BCUT2D eigenvalue weighted by Gasteiger charge is 2.25. The molecule has 18 heavy (non-hydrogen) atoms. The summed E-state index contributed by atoms with van der Waals surface area (Å²) in [7, 11) is 0. The average Bonchev–Trinajstić information content (AvgIpc) is 3.15. The van der Waals surface area contributed by atoms with E-state index in [9.17, 15) is 0 Å². The van der Waals surface area contributed by atoms with Gasteiger partial charge in [0.2, 0.25) is 11.7 Å². The van der Waals surface area contributed by atoms with Crippen molar-refractivity contribution in [1.29, 1.82) is 0 Å². The fourth-order valence-electron chi connectivity index (χ4n) is 1.87. The van der Waals surface area contributed by atoms with Gasteiger partial charge in [-0.3, -0.25) is 4.98 Å². The molecule has 0 amide bonds. The molecule has 0 aromatic carbocycles. The Morgan fingerprint density at radius 2 is 2.33 bits per heavy atom. The van der Waals surface area contributed by atoms with Gasteiger partial charge in [0.05, 0.1) is 6.04 Å². The van der Waals surface area contributed by atoms with Gasteiger partial charge < -0.3 is 10.3 Å². The van der Waals surface area contributed by atoms with Gasteiger partial charge in [0.25, 0.3) is 0 Å². The van der Waals surface area contributed by atoms with Crippen molar-refractivity contribution in [1.82, 2.24) is 15.1 Å². The monoisotopic (exact) mass is 244 g/mol. The molecule has 2 heterocycles. The van der Waals surface area contributed by atoms with Crippen LogP contribution in [0.4, 0.5) is 0 Å². The third-order valence-electron chi connectivity index (χ3n) is 3.23. The fraction of sp³-hybridized carbons (Fsp3) is 0.462. The van der Waals surface area contributed by atoms with Gasteiger partial charge >= 0.3 is 0 Å². The lowest BCUT2D eigenvalue weighted by Gasteiger charge is -2.00. The van der Waals surface area contributed by atoms with E-state index in [1.807, 2.05) is 19.1 Å². The first-order valence-corrected chi connectivity index (χ1v) is 6.33. The van der Waals surface area contributed by atoms with Gasteiger partial charge in [-0.15, -0.1) is 0 Å². The quantitative estimate of drug-likeness (QED) is 0.893. The second kappa shape index (κ2) is 4.49. The van der Waals surface area contributed by atoms with Crippen molar-refractivity contribution in [3.8, 4) is 11.4 Å². The van der Waals surface area contributed by atoms with Crippen molar-refractivity contribution < 1.29 is 4.52 Å². The van der Waals surface area contributed by atoms with Crippen LogP contribution in [0.15, 0.2) is 22.9 Å². The normalized spacial score (nSPS) is 16.8. The zero-order chi connectivity index (χ0) is 12.5. The summed E-state index contributed by atoms with van der Waals surface area (Å²) in [6.07, 6.45) is 5.05. The Labute approximate surface area is 105 Å². The topological polar surface area (TPSA) is 77.8 Å². The van der Waals surface area contributed by atoms with Crippen molar-refractivity contribution in [3.63, 3.8) is 0 Å². The molecular formula is C13H16N4O. The first kappa shape index (κ1) is 11.3. The van der Waals surface area contributed by atoms with Crippen molar-refractivity contribution in [2.75, 3.05) is 0 Å². The van der Waals surface area contributed by atoms with E-state index in [-0.39, 0.29) is 6.04 Å². The Balaban J connectivity index is 1.89. The van der Waals surface area contributed by atoms with Crippen molar-refractivity contribution >= 4 is 0 Å². The first-order chi connectivity index (χ1) is 8.78. The van der Waals surface area contributed by atoms with Crippen LogP contribution < -0.4 is 5.73 Å². The molecule has 0 spiro atoms. The number of nitrogens with zero attached hydrogens (tertiary/aromatic N) is 3. The van der Waals surface area contributed by atoms with Gasteiger partial charge in [0.1, 0.15) is 0 Å². The van der Waals surface area contributed by atoms with E-state index in [1.54, 1.807) is 6.20 Å². The van der Waals surface area contributed by atoms with Gasteiger partial charge in [-0.2, -0.15) is 4.98 Å². The van der Waals surface area contributed by atoms with E-state index in [0.29, 0.717) is 17.6 Å². The highest BCUT2D eigenvalue weighted by atomic mass is 16.5. The summed E-state index contributed by atoms with van der Waals surface area (Å²) in [5, 5.41) is 3.98. The van der Waals surface area contributed by atoms with Crippen LogP contribution in [0.5, 0.6) is 0 Å². The van der Waals surface area contributed by atoms with Gasteiger partial charge in [-0.05, 0) is 31.4 Å². The minimum absolute atomic E-state index is 0.184. The lowest BCUT2D eigenvalue weighted by atomic mass is 10.1. The molecule has 2 aromatic heterocycles. The molecule has 1 atom stereocenters. The third-order valence-corrected chi connectivity index (χ3v) is 3.23. The van der Waals surface area contributed by atoms with Crippen LogP contribution in [0.25, 0.3) is 11.4 Å². The Morgan fingerprint density at radius 3 is 3.06 bits per heavy atom. The van der Waals surface area contributed by atoms with Crippen LogP contribution in [0, 0.1) is 0 Å². The third kappa shape index (κ3) is 2.13. The zero-order valence-corrected chi connectivity index (χ0v) is 10.3. The van der Waals surface area contributed by atoms with Crippen LogP contribution in [0.1, 0.15) is 49.7 Å². The molecule has 94 valence electrons. The number of rotatable bonds is 4. The summed E-state index contributed by atoms with van der Waals surface area (Å²) >= 11 is 0. The smallest absolute Gasteiger partial charge is 0.243 e. The van der Waals surface area contributed by atoms with Crippen molar-refractivity contribution in [3.05, 3.63) is 29.9 Å². The Morgan fingerprint density at radius 1 is 1.50 bits per heavy atom. The fourth-order valence-corrected chi connectivity index (χ4v) is 1.87. The molecular weight excluding hydrogens is 228 g/mol. The predicted octanol–water partition coefficient (Wildman–Crippen LogP) is 2.42. The molecule has 5 nitrogen and oxygen atoms in total. The van der Waals surface area contributed by atoms with Crippen LogP contribution in [-0.2, 0) is 0 Å². The highest BCUT2D eigenvalue weighted by Crippen LogP contribution is 2.39. The van der Waals surface area contributed by atoms with Gasteiger partial charge in [-0.25, -0.2) is 0 Å². The largest absolute Gasteiger partial charge is 0.337 e. The molecule has 0 bridgehead atoms. The molecule has 3 rings (SSSR count). The molecule has 1 aliphatic rings. The zero-order valence-electron chi connectivity index (χ0n) is 10.3. The molecule has 0 saturated heterocycles. The lowest BCUT2D eigenvalue weighted by Crippen LogP contribution is -2.08. The molecule has 1 aliphatic carbocycles. The minimum atomic E-state index is -0.184. The number of aromatic nitrogens is 3. The maximum Gasteiger partial charge on any atom is 0.243 e. The second-order valence-electron chi connectivity index (χ2n) is 4.71. The molecule has 5 heteroatoms. The lowest BCUT2D eigenvalue weighted by molar-refractivity contribution is 0.352. The maximum absolute atomic E-state index is 5.87. The summed E-state index contributed by atoms with van der Waals surface area (Å²) in [5.74, 6) is 1.71. The van der Waals surface area contributed by atoms with Crippen LogP contribution in [0.3, 0.4) is 0 Å². The predicted molar refractivity (Wildman–Crippen MR) is 66.7 cm³/mol. The maximum atomic E-state index is 5.87. The second-order valence-corrected chi connectivity index (χ2v) is 4.71. The van der Waals surface area contributed by atoms with Gasteiger partial charge in [0.15, 0.2) is 0 Å². The van der Waals surface area contributed by atoms with E-state index in [4.69, 9.17) is 10.3 Å². The number of hydrogen-bond acceptors (Lipinski definition) is 5. The van der Waals surface area contributed by atoms with Crippen LogP contribution >= 0.6 is 0 Å². The van der Waals surface area contributed by atoms with E-state index < -0.39 is 0 Å². The summed E-state index contributed by atoms with van der Waals surface area (Å²) in [4.78, 5) is 8.72. The number of hydrogen-bond donors (Lipinski definition) is 1. The van der Waals surface area contributed by atoms with Gasteiger partial charge in [-0.1, -0.05) is 12.1 Å². The minimum Gasteiger partial charge on any atom is -0.337 e. The highest BCUT2D eigenvalue weighted by molar-refractivity contribution is 5.54. The van der Waals surface area contributed by atoms with E-state index in [2.05, 4.69) is 15.1 Å². The van der Waals surface area contributed by atoms with Crippen LogP contribution in [-0.4, -0.2) is 15.1 Å². The van der Waals surface area contributed by atoms with E-state index >= 15 is 0 Å². The van der Waals surface area contributed by atoms with E-state index in [1.165, 1.54) is 12.8 Å². The summed E-state index contributed by atoms with van der Waals surface area (Å²) in [6.45, 7) is 1.99. The molecule has 0 radical (unpaired) electrons. The van der Waals surface area contributed by atoms with Crippen LogP contribution in [0.2, 0.25) is 0 Å². The van der Waals surface area contributed by atoms with E-state index in [0.717, 1.165) is 17.7 Å². The van der Waals surface area contributed by atoms with Crippen molar-refractivity contribution in [2.45, 2.75) is 38.1 Å². The van der Waals surface area contributed by atoms with Gasteiger partial charge in [0, 0.05) is 23.4 Å². The summed E-state index contributed by atoms with van der Waals surface area (Å²) in [6, 6.07) is 3.76.